The van der Waals surface area contributed by atoms with Gasteiger partial charge in [-0.25, -0.2) is 4.79 Å². The van der Waals surface area contributed by atoms with Gasteiger partial charge in [0.15, 0.2) is 0 Å². The number of benzene rings is 2. The number of aryl methyl sites for hydroxylation is 1. The summed E-state index contributed by atoms with van der Waals surface area (Å²) < 4.78 is 10.8. The Bertz CT molecular complexity index is 653. The lowest BCUT2D eigenvalue weighted by Crippen LogP contribution is -2.07. The number of carbonyl (C=O) groups is 1. The van der Waals surface area contributed by atoms with Crippen LogP contribution in [-0.2, 0) is 11.3 Å². The standard InChI is InChI=1S/C18H21NO3/c1-3-9-21-18(20)15-6-4-5-14(10-15)12-22-16-8-7-13(2)17(19)11-16/h4-8,10-11H,3,9,12,19H2,1-2H3. The van der Waals surface area contributed by atoms with Gasteiger partial charge in [-0.2, -0.15) is 0 Å². The summed E-state index contributed by atoms with van der Waals surface area (Å²) in [6.07, 6.45) is 0.809. The summed E-state index contributed by atoms with van der Waals surface area (Å²) in [7, 11) is 0. The third kappa shape index (κ3) is 4.25. The van der Waals surface area contributed by atoms with E-state index in [0.29, 0.717) is 30.2 Å². The van der Waals surface area contributed by atoms with E-state index in [9.17, 15) is 4.79 Å². The molecule has 0 amide bonds. The van der Waals surface area contributed by atoms with Gasteiger partial charge in [-0.1, -0.05) is 25.1 Å². The number of hydrogen-bond acceptors (Lipinski definition) is 4. The smallest absolute Gasteiger partial charge is 0.338 e. The zero-order valence-electron chi connectivity index (χ0n) is 13.0. The van der Waals surface area contributed by atoms with E-state index in [1.165, 1.54) is 0 Å². The molecule has 116 valence electrons. The fourth-order valence-corrected chi connectivity index (χ4v) is 1.94. The van der Waals surface area contributed by atoms with Crippen molar-refractivity contribution in [2.75, 3.05) is 12.3 Å². The lowest BCUT2D eigenvalue weighted by atomic mass is 10.1. The van der Waals surface area contributed by atoms with Gasteiger partial charge in [0.1, 0.15) is 12.4 Å². The Kier molecular flexibility index (Phi) is 5.42. The van der Waals surface area contributed by atoms with Gasteiger partial charge in [-0.15, -0.1) is 0 Å². The molecule has 0 aliphatic rings. The number of nitrogen functional groups attached to an aromatic ring is 1. The molecule has 0 atom stereocenters. The second kappa shape index (κ2) is 7.50. The quantitative estimate of drug-likeness (QED) is 0.652. The summed E-state index contributed by atoms with van der Waals surface area (Å²) in [6.45, 7) is 4.72. The van der Waals surface area contributed by atoms with E-state index in [1.807, 2.05) is 38.1 Å². The van der Waals surface area contributed by atoms with Crippen molar-refractivity contribution in [3.63, 3.8) is 0 Å². The Morgan fingerprint density at radius 2 is 2.00 bits per heavy atom. The number of rotatable bonds is 6. The van der Waals surface area contributed by atoms with E-state index < -0.39 is 0 Å². The fourth-order valence-electron chi connectivity index (χ4n) is 1.94. The Morgan fingerprint density at radius 1 is 1.18 bits per heavy atom. The van der Waals surface area contributed by atoms with Crippen molar-refractivity contribution < 1.29 is 14.3 Å². The van der Waals surface area contributed by atoms with Gasteiger partial charge in [0.2, 0.25) is 0 Å². The molecule has 0 spiro atoms. The van der Waals surface area contributed by atoms with Crippen LogP contribution in [-0.4, -0.2) is 12.6 Å². The molecule has 0 bridgehead atoms. The third-order valence-corrected chi connectivity index (χ3v) is 3.26. The molecule has 0 aromatic heterocycles. The monoisotopic (exact) mass is 299 g/mol. The van der Waals surface area contributed by atoms with Crippen molar-refractivity contribution in [1.29, 1.82) is 0 Å². The molecule has 4 nitrogen and oxygen atoms in total. The van der Waals surface area contributed by atoms with Gasteiger partial charge < -0.3 is 15.2 Å². The highest BCUT2D eigenvalue weighted by atomic mass is 16.5. The topological polar surface area (TPSA) is 61.5 Å². The van der Waals surface area contributed by atoms with Crippen LogP contribution in [0.1, 0.15) is 34.8 Å². The maximum atomic E-state index is 11.8. The number of nitrogens with two attached hydrogens (primary N) is 1. The van der Waals surface area contributed by atoms with Crippen LogP contribution >= 0.6 is 0 Å². The maximum Gasteiger partial charge on any atom is 0.338 e. The predicted molar refractivity (Wildman–Crippen MR) is 86.9 cm³/mol. The summed E-state index contributed by atoms with van der Waals surface area (Å²) in [5.41, 5.74) is 9.03. The van der Waals surface area contributed by atoms with Crippen molar-refractivity contribution in [3.8, 4) is 5.75 Å². The molecule has 4 heteroatoms. The molecule has 2 aromatic carbocycles. The molecule has 0 fully saturated rings. The minimum Gasteiger partial charge on any atom is -0.489 e. The van der Waals surface area contributed by atoms with Crippen molar-refractivity contribution in [3.05, 3.63) is 59.2 Å². The summed E-state index contributed by atoms with van der Waals surface area (Å²) >= 11 is 0. The van der Waals surface area contributed by atoms with Crippen LogP contribution in [0.5, 0.6) is 5.75 Å². The zero-order valence-corrected chi connectivity index (χ0v) is 13.0. The van der Waals surface area contributed by atoms with Crippen LogP contribution in [0, 0.1) is 6.92 Å². The molecule has 0 aliphatic carbocycles. The summed E-state index contributed by atoms with van der Waals surface area (Å²) in [5.74, 6) is 0.408. The van der Waals surface area contributed by atoms with E-state index in [2.05, 4.69) is 0 Å². The van der Waals surface area contributed by atoms with Gasteiger partial charge in [-0.05, 0) is 42.7 Å². The highest BCUT2D eigenvalue weighted by Gasteiger charge is 2.07. The van der Waals surface area contributed by atoms with Crippen molar-refractivity contribution >= 4 is 11.7 Å². The largest absolute Gasteiger partial charge is 0.489 e. The van der Waals surface area contributed by atoms with E-state index in [4.69, 9.17) is 15.2 Å². The van der Waals surface area contributed by atoms with Gasteiger partial charge in [0, 0.05) is 11.8 Å². The van der Waals surface area contributed by atoms with E-state index in [1.54, 1.807) is 18.2 Å². The Labute approximate surface area is 130 Å². The number of ether oxygens (including phenoxy) is 2. The number of carbonyl (C=O) groups excluding carboxylic acids is 1. The highest BCUT2D eigenvalue weighted by Crippen LogP contribution is 2.20. The van der Waals surface area contributed by atoms with Gasteiger partial charge >= 0.3 is 5.97 Å². The van der Waals surface area contributed by atoms with Crippen LogP contribution in [0.15, 0.2) is 42.5 Å². The van der Waals surface area contributed by atoms with Crippen molar-refractivity contribution in [2.45, 2.75) is 26.9 Å². The third-order valence-electron chi connectivity index (χ3n) is 3.26. The average Bonchev–Trinajstić information content (AvgIpc) is 2.54. The van der Waals surface area contributed by atoms with Gasteiger partial charge in [-0.3, -0.25) is 0 Å². The minimum atomic E-state index is -0.303. The first kappa shape index (κ1) is 15.9. The Morgan fingerprint density at radius 3 is 2.73 bits per heavy atom. The molecule has 0 radical (unpaired) electrons. The molecule has 2 rings (SSSR count). The molecule has 2 aromatic rings. The molecule has 2 N–H and O–H groups in total. The van der Waals surface area contributed by atoms with Crippen molar-refractivity contribution in [1.82, 2.24) is 0 Å². The first-order chi connectivity index (χ1) is 10.6. The predicted octanol–water partition coefficient (Wildman–Crippen LogP) is 3.72. The summed E-state index contributed by atoms with van der Waals surface area (Å²) in [4.78, 5) is 11.8. The zero-order chi connectivity index (χ0) is 15.9. The average molecular weight is 299 g/mol. The molecule has 0 heterocycles. The minimum absolute atomic E-state index is 0.303. The van der Waals surface area contributed by atoms with Crippen LogP contribution < -0.4 is 10.5 Å². The number of esters is 1. The second-order valence-electron chi connectivity index (χ2n) is 5.14. The van der Waals surface area contributed by atoms with E-state index >= 15 is 0 Å². The van der Waals surface area contributed by atoms with Gasteiger partial charge in [0.25, 0.3) is 0 Å². The van der Waals surface area contributed by atoms with Crippen LogP contribution in [0.2, 0.25) is 0 Å². The second-order valence-corrected chi connectivity index (χ2v) is 5.14. The molecule has 22 heavy (non-hydrogen) atoms. The van der Waals surface area contributed by atoms with Crippen LogP contribution in [0.4, 0.5) is 5.69 Å². The Hall–Kier alpha value is -2.49. The normalized spacial score (nSPS) is 10.3. The molecule has 0 saturated heterocycles. The molecule has 0 aliphatic heterocycles. The molecular weight excluding hydrogens is 278 g/mol. The molecular formula is C18H21NO3. The highest BCUT2D eigenvalue weighted by molar-refractivity contribution is 5.89. The van der Waals surface area contributed by atoms with Crippen LogP contribution in [0.25, 0.3) is 0 Å². The summed E-state index contributed by atoms with van der Waals surface area (Å²) in [6, 6.07) is 12.9. The maximum absolute atomic E-state index is 11.8. The SMILES string of the molecule is CCCOC(=O)c1cccc(COc2ccc(C)c(N)c2)c1. The van der Waals surface area contributed by atoms with Gasteiger partial charge in [0.05, 0.1) is 12.2 Å². The number of hydrogen-bond donors (Lipinski definition) is 1. The summed E-state index contributed by atoms with van der Waals surface area (Å²) in [5, 5.41) is 0. The lowest BCUT2D eigenvalue weighted by Gasteiger charge is -2.09. The first-order valence-corrected chi connectivity index (χ1v) is 7.35. The van der Waals surface area contributed by atoms with E-state index in [0.717, 1.165) is 17.5 Å². The van der Waals surface area contributed by atoms with Crippen molar-refractivity contribution in [2.24, 2.45) is 0 Å². The number of anilines is 1. The van der Waals surface area contributed by atoms with E-state index in [-0.39, 0.29) is 5.97 Å². The van der Waals surface area contributed by atoms with Crippen LogP contribution in [0.3, 0.4) is 0 Å². The first-order valence-electron chi connectivity index (χ1n) is 7.35. The molecule has 0 saturated carbocycles. The fraction of sp³-hybridized carbons (Fsp3) is 0.278. The Balaban J connectivity index is 2.01. The lowest BCUT2D eigenvalue weighted by molar-refractivity contribution is 0.0505. The molecule has 0 unspecified atom stereocenters.